The van der Waals surface area contributed by atoms with Crippen molar-refractivity contribution in [1.29, 1.82) is 0 Å². The van der Waals surface area contributed by atoms with E-state index in [0.717, 1.165) is 12.1 Å². The van der Waals surface area contributed by atoms with Gasteiger partial charge >= 0.3 is 12.1 Å². The van der Waals surface area contributed by atoms with E-state index in [1.807, 2.05) is 0 Å². The molecule has 1 aromatic carbocycles. The number of aromatic nitrogens is 2. The molecule has 0 amide bonds. The number of fused-ring (bicyclic) bond motifs is 1. The summed E-state index contributed by atoms with van der Waals surface area (Å²) in [6, 6.07) is 6.11. The first kappa shape index (κ1) is 21.0. The number of hydrogen-bond donors (Lipinski definition) is 0. The lowest BCUT2D eigenvalue weighted by Gasteiger charge is -2.21. The molecule has 29 heavy (non-hydrogen) atoms. The SMILES string of the molecule is CCOC(=O)CN(Cc1ccc(C(F)(F)F)cc1)Cc1cc(=O)n2ccsc2n1. The number of ether oxygens (including phenoxy) is 1. The number of thiazole rings is 1. The van der Waals surface area contributed by atoms with Crippen LogP contribution in [0.5, 0.6) is 0 Å². The maximum Gasteiger partial charge on any atom is 0.416 e. The van der Waals surface area contributed by atoms with Gasteiger partial charge in [-0.15, -0.1) is 11.3 Å². The van der Waals surface area contributed by atoms with Crippen LogP contribution in [0.4, 0.5) is 13.2 Å². The highest BCUT2D eigenvalue weighted by Crippen LogP contribution is 2.29. The van der Waals surface area contributed by atoms with E-state index in [1.165, 1.54) is 33.9 Å². The number of rotatable bonds is 7. The fourth-order valence-electron chi connectivity index (χ4n) is 2.81. The van der Waals surface area contributed by atoms with Crippen LogP contribution >= 0.6 is 11.3 Å². The molecule has 0 saturated heterocycles. The molecule has 154 valence electrons. The number of benzene rings is 1. The summed E-state index contributed by atoms with van der Waals surface area (Å²) in [5.41, 5.74) is 0.0813. The second-order valence-corrected chi connectivity index (χ2v) is 7.16. The third-order valence-electron chi connectivity index (χ3n) is 4.09. The maximum atomic E-state index is 12.8. The van der Waals surface area contributed by atoms with E-state index in [0.29, 0.717) is 16.2 Å². The van der Waals surface area contributed by atoms with Gasteiger partial charge in [0.15, 0.2) is 4.96 Å². The minimum atomic E-state index is -4.41. The van der Waals surface area contributed by atoms with Crippen LogP contribution in [0.15, 0.2) is 46.7 Å². The van der Waals surface area contributed by atoms with Crippen molar-refractivity contribution in [3.63, 3.8) is 0 Å². The Morgan fingerprint density at radius 2 is 1.97 bits per heavy atom. The first-order valence-corrected chi connectivity index (χ1v) is 9.64. The van der Waals surface area contributed by atoms with Gasteiger partial charge < -0.3 is 4.74 Å². The van der Waals surface area contributed by atoms with E-state index in [2.05, 4.69) is 4.98 Å². The van der Waals surface area contributed by atoms with Crippen LogP contribution in [0.25, 0.3) is 4.96 Å². The number of carbonyl (C=O) groups excluding carboxylic acids is 1. The number of nitrogens with zero attached hydrogens (tertiary/aromatic N) is 3. The molecule has 3 rings (SSSR count). The first-order valence-electron chi connectivity index (χ1n) is 8.76. The van der Waals surface area contributed by atoms with Gasteiger partial charge in [0.1, 0.15) is 0 Å². The van der Waals surface area contributed by atoms with E-state index in [9.17, 15) is 22.8 Å². The van der Waals surface area contributed by atoms with E-state index >= 15 is 0 Å². The molecule has 0 aliphatic rings. The maximum absolute atomic E-state index is 12.8. The highest BCUT2D eigenvalue weighted by Gasteiger charge is 2.30. The third kappa shape index (κ3) is 5.42. The summed E-state index contributed by atoms with van der Waals surface area (Å²) in [5, 5.41) is 1.74. The predicted molar refractivity (Wildman–Crippen MR) is 102 cm³/mol. The van der Waals surface area contributed by atoms with Crippen LogP contribution < -0.4 is 5.56 Å². The van der Waals surface area contributed by atoms with Gasteiger partial charge in [-0.25, -0.2) is 4.98 Å². The second kappa shape index (κ2) is 8.75. The highest BCUT2D eigenvalue weighted by atomic mass is 32.1. The summed E-state index contributed by atoms with van der Waals surface area (Å²) in [7, 11) is 0. The molecular weight excluding hydrogens is 407 g/mol. The van der Waals surface area contributed by atoms with Gasteiger partial charge in [0.25, 0.3) is 5.56 Å². The highest BCUT2D eigenvalue weighted by molar-refractivity contribution is 7.15. The van der Waals surface area contributed by atoms with Gasteiger partial charge in [0.05, 0.1) is 24.4 Å². The van der Waals surface area contributed by atoms with Gasteiger partial charge in [-0.3, -0.25) is 18.9 Å². The zero-order chi connectivity index (χ0) is 21.0. The Labute approximate surface area is 168 Å². The summed E-state index contributed by atoms with van der Waals surface area (Å²) in [6.45, 7) is 2.19. The van der Waals surface area contributed by atoms with Gasteiger partial charge in [0.2, 0.25) is 0 Å². The lowest BCUT2D eigenvalue weighted by atomic mass is 10.1. The molecule has 0 unspecified atom stereocenters. The lowest BCUT2D eigenvalue weighted by molar-refractivity contribution is -0.144. The van der Waals surface area contributed by atoms with Gasteiger partial charge in [-0.05, 0) is 24.6 Å². The van der Waals surface area contributed by atoms with Gasteiger partial charge in [-0.2, -0.15) is 13.2 Å². The molecule has 0 aliphatic carbocycles. The summed E-state index contributed by atoms with van der Waals surface area (Å²) in [5.74, 6) is -0.465. The predicted octanol–water partition coefficient (Wildman–Crippen LogP) is 3.34. The largest absolute Gasteiger partial charge is 0.465 e. The van der Waals surface area contributed by atoms with E-state index in [-0.39, 0.29) is 31.8 Å². The Balaban J connectivity index is 1.81. The molecule has 0 bridgehead atoms. The number of halogens is 3. The summed E-state index contributed by atoms with van der Waals surface area (Å²) in [6.07, 6.45) is -2.79. The molecular formula is C19H18F3N3O3S. The molecule has 6 nitrogen and oxygen atoms in total. The van der Waals surface area contributed by atoms with Crippen molar-refractivity contribution in [1.82, 2.24) is 14.3 Å². The fraction of sp³-hybridized carbons (Fsp3) is 0.316. The molecule has 0 fully saturated rings. The second-order valence-electron chi connectivity index (χ2n) is 6.29. The molecule has 3 aromatic rings. The van der Waals surface area contributed by atoms with E-state index in [1.54, 1.807) is 23.4 Å². The Hall–Kier alpha value is -2.72. The van der Waals surface area contributed by atoms with Crippen LogP contribution in [-0.4, -0.2) is 33.4 Å². The zero-order valence-electron chi connectivity index (χ0n) is 15.5. The van der Waals surface area contributed by atoms with Crippen molar-refractivity contribution in [2.75, 3.05) is 13.2 Å². The van der Waals surface area contributed by atoms with Gasteiger partial charge in [-0.1, -0.05) is 12.1 Å². The molecule has 2 heterocycles. The molecule has 10 heteroatoms. The monoisotopic (exact) mass is 425 g/mol. The fourth-order valence-corrected chi connectivity index (χ4v) is 3.55. The van der Waals surface area contributed by atoms with E-state index in [4.69, 9.17) is 4.74 Å². The van der Waals surface area contributed by atoms with Crippen LogP contribution in [0.1, 0.15) is 23.7 Å². The Morgan fingerprint density at radius 1 is 1.24 bits per heavy atom. The normalized spacial score (nSPS) is 11.9. The molecule has 0 radical (unpaired) electrons. The quantitative estimate of drug-likeness (QED) is 0.544. The third-order valence-corrected chi connectivity index (χ3v) is 4.84. The van der Waals surface area contributed by atoms with Crippen LogP contribution in [0.2, 0.25) is 0 Å². The molecule has 0 saturated carbocycles. The van der Waals surface area contributed by atoms with Crippen molar-refractivity contribution in [2.24, 2.45) is 0 Å². The number of hydrogen-bond acceptors (Lipinski definition) is 6. The molecule has 0 N–H and O–H groups in total. The van der Waals surface area contributed by atoms with Gasteiger partial charge in [0, 0.05) is 30.7 Å². The van der Waals surface area contributed by atoms with Crippen molar-refractivity contribution >= 4 is 22.3 Å². The van der Waals surface area contributed by atoms with Crippen molar-refractivity contribution < 1.29 is 22.7 Å². The first-order chi connectivity index (χ1) is 13.8. The minimum absolute atomic E-state index is 0.0830. The molecule has 2 aromatic heterocycles. The standard InChI is InChI=1S/C19H18F3N3O3S/c1-2-28-17(27)12-24(10-13-3-5-14(6-4-13)19(20,21)22)11-15-9-16(26)25-7-8-29-18(25)23-15/h3-9H,2,10-12H2,1H3. The Bertz CT molecular complexity index is 1040. The zero-order valence-corrected chi connectivity index (χ0v) is 16.3. The van der Waals surface area contributed by atoms with E-state index < -0.39 is 17.7 Å². The minimum Gasteiger partial charge on any atom is -0.465 e. The van der Waals surface area contributed by atoms with Crippen molar-refractivity contribution in [3.05, 3.63) is 69.1 Å². The van der Waals surface area contributed by atoms with Crippen LogP contribution in [-0.2, 0) is 28.8 Å². The van der Waals surface area contributed by atoms with Crippen LogP contribution in [0.3, 0.4) is 0 Å². The van der Waals surface area contributed by atoms with Crippen LogP contribution in [0, 0.1) is 0 Å². The lowest BCUT2D eigenvalue weighted by Crippen LogP contribution is -2.31. The molecule has 0 atom stereocenters. The Morgan fingerprint density at radius 3 is 2.62 bits per heavy atom. The van der Waals surface area contributed by atoms with Crippen molar-refractivity contribution in [2.45, 2.75) is 26.2 Å². The number of esters is 1. The number of alkyl halides is 3. The topological polar surface area (TPSA) is 63.9 Å². The molecule has 0 spiro atoms. The molecule has 0 aliphatic heterocycles. The number of carbonyl (C=O) groups is 1. The summed E-state index contributed by atoms with van der Waals surface area (Å²) < 4.78 is 44.7. The average Bonchev–Trinajstić information content (AvgIpc) is 3.10. The summed E-state index contributed by atoms with van der Waals surface area (Å²) in [4.78, 5) is 30.7. The van der Waals surface area contributed by atoms with Crippen molar-refractivity contribution in [3.8, 4) is 0 Å². The average molecular weight is 425 g/mol. The Kier molecular flexibility index (Phi) is 6.33. The smallest absolute Gasteiger partial charge is 0.416 e. The summed E-state index contributed by atoms with van der Waals surface area (Å²) >= 11 is 1.31.